The van der Waals surface area contributed by atoms with Crippen LogP contribution in [0.4, 0.5) is 8.78 Å². The van der Waals surface area contributed by atoms with Crippen LogP contribution >= 0.6 is 0 Å². The van der Waals surface area contributed by atoms with Crippen molar-refractivity contribution in [2.24, 2.45) is 0 Å². The Morgan fingerprint density at radius 2 is 1.90 bits per heavy atom. The molecule has 0 unspecified atom stereocenters. The molecule has 152 valence electrons. The quantitative estimate of drug-likeness (QED) is 0.526. The van der Waals surface area contributed by atoms with E-state index in [0.717, 1.165) is 10.1 Å². The minimum atomic E-state index is -2.79. The number of amides is 1. The Bertz CT molecular complexity index is 1180. The summed E-state index contributed by atoms with van der Waals surface area (Å²) in [5.41, 5.74) is 1.61. The maximum Gasteiger partial charge on any atom is 0.280 e. The van der Waals surface area contributed by atoms with E-state index in [1.807, 2.05) is 0 Å². The van der Waals surface area contributed by atoms with Crippen LogP contribution in [0.2, 0.25) is 0 Å². The van der Waals surface area contributed by atoms with Crippen LogP contribution in [0.1, 0.15) is 28.0 Å². The van der Waals surface area contributed by atoms with Crippen LogP contribution in [-0.4, -0.2) is 32.6 Å². The van der Waals surface area contributed by atoms with Gasteiger partial charge in [-0.05, 0) is 48.0 Å². The van der Waals surface area contributed by atoms with Crippen LogP contribution in [0.5, 0.6) is 5.75 Å². The van der Waals surface area contributed by atoms with E-state index >= 15 is 0 Å². The van der Waals surface area contributed by atoms with E-state index in [-0.39, 0.29) is 23.4 Å². The van der Waals surface area contributed by atoms with Gasteiger partial charge in [-0.25, -0.2) is 18.3 Å². The maximum absolute atomic E-state index is 13.7. The number of alkyl halides is 2. The standard InChI is InChI=1S/C21H17F2N5O2/c1-30-15-4-2-14(3-5-15)17-10-18(19(22)23)28-20(27-17)16(12-26-28)21(29)25-11-13-6-8-24-9-7-13/h2-10,12,19H,11H2,1H3,(H,25,29). The fraction of sp³-hybridized carbons (Fsp3) is 0.143. The molecule has 4 rings (SSSR count). The predicted molar refractivity (Wildman–Crippen MR) is 105 cm³/mol. The summed E-state index contributed by atoms with van der Waals surface area (Å²) < 4.78 is 33.5. The first-order valence-corrected chi connectivity index (χ1v) is 9.05. The molecule has 0 atom stereocenters. The summed E-state index contributed by atoms with van der Waals surface area (Å²) in [7, 11) is 1.54. The van der Waals surface area contributed by atoms with E-state index < -0.39 is 12.3 Å². The van der Waals surface area contributed by atoms with Gasteiger partial charge >= 0.3 is 0 Å². The van der Waals surface area contributed by atoms with Crippen molar-refractivity contribution in [1.82, 2.24) is 24.9 Å². The predicted octanol–water partition coefficient (Wildman–Crippen LogP) is 3.67. The summed E-state index contributed by atoms with van der Waals surface area (Å²) in [5, 5.41) is 6.71. The molecular weight excluding hydrogens is 392 g/mol. The van der Waals surface area contributed by atoms with Crippen molar-refractivity contribution in [1.29, 1.82) is 0 Å². The van der Waals surface area contributed by atoms with Crippen molar-refractivity contribution >= 4 is 11.6 Å². The number of halogens is 2. The van der Waals surface area contributed by atoms with Gasteiger partial charge in [-0.1, -0.05) is 0 Å². The number of ether oxygens (including phenoxy) is 1. The van der Waals surface area contributed by atoms with E-state index in [1.165, 1.54) is 19.4 Å². The normalized spacial score (nSPS) is 11.1. The third-order valence-electron chi connectivity index (χ3n) is 4.56. The Morgan fingerprint density at radius 3 is 2.57 bits per heavy atom. The number of nitrogens with one attached hydrogen (secondary N) is 1. The van der Waals surface area contributed by atoms with Gasteiger partial charge in [0.15, 0.2) is 5.65 Å². The Balaban J connectivity index is 1.72. The summed E-state index contributed by atoms with van der Waals surface area (Å²) in [6.07, 6.45) is 1.69. The second-order valence-electron chi connectivity index (χ2n) is 6.43. The number of fused-ring (bicyclic) bond motifs is 1. The monoisotopic (exact) mass is 409 g/mol. The highest BCUT2D eigenvalue weighted by Crippen LogP contribution is 2.27. The van der Waals surface area contributed by atoms with Crippen molar-refractivity contribution in [3.8, 4) is 17.0 Å². The molecular formula is C21H17F2N5O2. The third kappa shape index (κ3) is 3.82. The highest BCUT2D eigenvalue weighted by molar-refractivity contribution is 5.99. The van der Waals surface area contributed by atoms with Crippen molar-refractivity contribution in [3.05, 3.63) is 77.9 Å². The van der Waals surface area contributed by atoms with Gasteiger partial charge in [0.25, 0.3) is 12.3 Å². The first-order valence-electron chi connectivity index (χ1n) is 9.05. The van der Waals surface area contributed by atoms with Gasteiger partial charge in [-0.2, -0.15) is 5.10 Å². The minimum absolute atomic E-state index is 0.0610. The lowest BCUT2D eigenvalue weighted by atomic mass is 10.1. The zero-order valence-electron chi connectivity index (χ0n) is 15.9. The first kappa shape index (κ1) is 19.4. The van der Waals surface area contributed by atoms with E-state index in [0.29, 0.717) is 17.0 Å². The summed E-state index contributed by atoms with van der Waals surface area (Å²) >= 11 is 0. The van der Waals surface area contributed by atoms with Crippen molar-refractivity contribution in [3.63, 3.8) is 0 Å². The van der Waals surface area contributed by atoms with Crippen molar-refractivity contribution < 1.29 is 18.3 Å². The number of hydrogen-bond acceptors (Lipinski definition) is 5. The van der Waals surface area contributed by atoms with Gasteiger partial charge in [-0.15, -0.1) is 0 Å². The van der Waals surface area contributed by atoms with Gasteiger partial charge in [0.2, 0.25) is 0 Å². The number of rotatable bonds is 6. The fourth-order valence-electron chi connectivity index (χ4n) is 2.99. The van der Waals surface area contributed by atoms with Crippen LogP contribution in [-0.2, 0) is 6.54 Å². The fourth-order valence-corrected chi connectivity index (χ4v) is 2.99. The number of pyridine rings is 1. The Kier molecular flexibility index (Phi) is 5.34. The van der Waals surface area contributed by atoms with E-state index in [1.54, 1.807) is 48.8 Å². The largest absolute Gasteiger partial charge is 0.497 e. The average Bonchev–Trinajstić information content (AvgIpc) is 3.21. The number of benzene rings is 1. The van der Waals surface area contributed by atoms with E-state index in [2.05, 4.69) is 20.4 Å². The average molecular weight is 409 g/mol. The van der Waals surface area contributed by atoms with Crippen LogP contribution in [0.3, 0.4) is 0 Å². The van der Waals surface area contributed by atoms with Crippen molar-refractivity contribution in [2.75, 3.05) is 7.11 Å². The third-order valence-corrected chi connectivity index (χ3v) is 4.56. The second-order valence-corrected chi connectivity index (χ2v) is 6.43. The SMILES string of the molecule is COc1ccc(-c2cc(C(F)F)n3ncc(C(=O)NCc4ccncc4)c3n2)cc1. The molecule has 3 aromatic heterocycles. The number of hydrogen-bond donors (Lipinski definition) is 1. The molecule has 0 spiro atoms. The zero-order chi connectivity index (χ0) is 21.1. The summed E-state index contributed by atoms with van der Waals surface area (Å²) in [5.74, 6) is 0.177. The summed E-state index contributed by atoms with van der Waals surface area (Å²) in [6, 6.07) is 11.7. The first-order chi connectivity index (χ1) is 14.6. The summed E-state index contributed by atoms with van der Waals surface area (Å²) in [6.45, 7) is 0.262. The molecule has 0 aliphatic heterocycles. The highest BCUT2D eigenvalue weighted by atomic mass is 19.3. The number of carbonyl (C=O) groups is 1. The lowest BCUT2D eigenvalue weighted by Gasteiger charge is -2.09. The molecule has 9 heteroatoms. The molecule has 1 aromatic carbocycles. The molecule has 0 saturated carbocycles. The molecule has 0 fully saturated rings. The minimum Gasteiger partial charge on any atom is -0.497 e. The number of nitrogens with zero attached hydrogens (tertiary/aromatic N) is 4. The molecule has 0 aliphatic carbocycles. The number of methoxy groups -OCH3 is 1. The highest BCUT2D eigenvalue weighted by Gasteiger charge is 2.21. The maximum atomic E-state index is 13.7. The van der Waals surface area contributed by atoms with Crippen LogP contribution in [0.25, 0.3) is 16.9 Å². The van der Waals surface area contributed by atoms with Gasteiger partial charge in [-0.3, -0.25) is 9.78 Å². The second kappa shape index (κ2) is 8.24. The van der Waals surface area contributed by atoms with Gasteiger partial charge < -0.3 is 10.1 Å². The van der Waals surface area contributed by atoms with Gasteiger partial charge in [0.05, 0.1) is 19.0 Å². The molecule has 7 nitrogen and oxygen atoms in total. The summed E-state index contributed by atoms with van der Waals surface area (Å²) in [4.78, 5) is 21.0. The molecule has 1 amide bonds. The smallest absolute Gasteiger partial charge is 0.280 e. The van der Waals surface area contributed by atoms with E-state index in [4.69, 9.17) is 4.74 Å². The van der Waals surface area contributed by atoms with Crippen LogP contribution in [0.15, 0.2) is 61.1 Å². The van der Waals surface area contributed by atoms with Crippen LogP contribution in [0, 0.1) is 0 Å². The van der Waals surface area contributed by atoms with Crippen LogP contribution < -0.4 is 10.1 Å². The number of carbonyl (C=O) groups excluding carboxylic acids is 1. The van der Waals surface area contributed by atoms with Gasteiger partial charge in [0, 0.05) is 24.5 Å². The molecule has 0 radical (unpaired) electrons. The van der Waals surface area contributed by atoms with E-state index in [9.17, 15) is 13.6 Å². The lowest BCUT2D eigenvalue weighted by Crippen LogP contribution is -2.23. The Hall–Kier alpha value is -3.88. The molecule has 0 bridgehead atoms. The van der Waals surface area contributed by atoms with Crippen molar-refractivity contribution in [2.45, 2.75) is 13.0 Å². The Morgan fingerprint density at radius 1 is 1.17 bits per heavy atom. The molecule has 30 heavy (non-hydrogen) atoms. The Labute approximate surface area is 170 Å². The molecule has 0 aliphatic rings. The number of aromatic nitrogens is 4. The topological polar surface area (TPSA) is 81.4 Å². The zero-order valence-corrected chi connectivity index (χ0v) is 15.9. The molecule has 0 saturated heterocycles. The lowest BCUT2D eigenvalue weighted by molar-refractivity contribution is 0.0952. The molecule has 1 N–H and O–H groups in total. The molecule has 4 aromatic rings. The van der Waals surface area contributed by atoms with Gasteiger partial charge in [0.1, 0.15) is 17.0 Å². The molecule has 3 heterocycles.